The molecule has 3 aromatic carbocycles. The number of nitrogens with one attached hydrogen (secondary N) is 2. The Bertz CT molecular complexity index is 1300. The van der Waals surface area contributed by atoms with Crippen LogP contribution in [0, 0.1) is 0 Å². The van der Waals surface area contributed by atoms with Gasteiger partial charge in [0.15, 0.2) is 0 Å². The molecule has 0 radical (unpaired) electrons. The first-order valence-electron chi connectivity index (χ1n) is 10.0. The Morgan fingerprint density at radius 2 is 1.71 bits per heavy atom. The summed E-state index contributed by atoms with van der Waals surface area (Å²) in [5.74, 6) is -0.129. The van der Waals surface area contributed by atoms with Gasteiger partial charge in [-0.1, -0.05) is 37.3 Å². The number of anilines is 2. The highest BCUT2D eigenvalue weighted by atomic mass is 16.4. The summed E-state index contributed by atoms with van der Waals surface area (Å²) >= 11 is 0. The van der Waals surface area contributed by atoms with Gasteiger partial charge in [0.05, 0.1) is 5.56 Å². The standard InChI is InChI=1S/C25H22N2O4/c1-2-16-12-20-17(13-24(29)31-23(20)14-22(16)28)15-26-21-11-7-6-10-19(21)25(30)27-18-8-4-3-5-9-18/h3-14,26,28H,2,15H2,1H3,(H,27,30). The van der Waals surface area contributed by atoms with Crippen LogP contribution in [0.2, 0.25) is 0 Å². The fourth-order valence-electron chi connectivity index (χ4n) is 3.48. The normalized spacial score (nSPS) is 10.7. The monoisotopic (exact) mass is 414 g/mol. The zero-order valence-electron chi connectivity index (χ0n) is 17.0. The molecule has 0 saturated heterocycles. The first kappa shape index (κ1) is 20.2. The minimum absolute atomic E-state index is 0.103. The van der Waals surface area contributed by atoms with Crippen molar-refractivity contribution in [2.75, 3.05) is 10.6 Å². The molecule has 0 bridgehead atoms. The molecule has 1 aromatic heterocycles. The number of aromatic hydroxyl groups is 1. The van der Waals surface area contributed by atoms with Crippen LogP contribution in [0.1, 0.15) is 28.4 Å². The largest absolute Gasteiger partial charge is 0.508 e. The molecule has 4 aromatic rings. The Balaban J connectivity index is 1.62. The molecule has 0 atom stereocenters. The molecule has 0 saturated carbocycles. The number of benzene rings is 3. The molecule has 0 aliphatic rings. The van der Waals surface area contributed by atoms with Gasteiger partial charge in [0, 0.05) is 35.4 Å². The van der Waals surface area contributed by atoms with Gasteiger partial charge in [-0.2, -0.15) is 0 Å². The predicted molar refractivity (Wildman–Crippen MR) is 122 cm³/mol. The van der Waals surface area contributed by atoms with E-state index in [0.717, 1.165) is 16.5 Å². The second-order valence-electron chi connectivity index (χ2n) is 7.14. The van der Waals surface area contributed by atoms with E-state index in [4.69, 9.17) is 4.42 Å². The van der Waals surface area contributed by atoms with E-state index >= 15 is 0 Å². The second kappa shape index (κ2) is 8.75. The quantitative estimate of drug-likeness (QED) is 0.389. The molecule has 1 amide bonds. The van der Waals surface area contributed by atoms with E-state index < -0.39 is 5.63 Å². The molecule has 0 unspecified atom stereocenters. The maximum atomic E-state index is 12.8. The third-order valence-electron chi connectivity index (χ3n) is 5.08. The summed E-state index contributed by atoms with van der Waals surface area (Å²) in [6.07, 6.45) is 0.649. The number of aryl methyl sites for hydroxylation is 1. The van der Waals surface area contributed by atoms with Gasteiger partial charge in [-0.15, -0.1) is 0 Å². The van der Waals surface area contributed by atoms with Crippen molar-refractivity contribution < 1.29 is 14.3 Å². The van der Waals surface area contributed by atoms with Crippen LogP contribution >= 0.6 is 0 Å². The smallest absolute Gasteiger partial charge is 0.336 e. The van der Waals surface area contributed by atoms with Gasteiger partial charge in [-0.05, 0) is 47.9 Å². The van der Waals surface area contributed by atoms with Crippen LogP contribution in [0.25, 0.3) is 11.0 Å². The Morgan fingerprint density at radius 1 is 0.968 bits per heavy atom. The summed E-state index contributed by atoms with van der Waals surface area (Å²) in [6, 6.07) is 21.2. The summed E-state index contributed by atoms with van der Waals surface area (Å²) in [4.78, 5) is 24.8. The summed E-state index contributed by atoms with van der Waals surface area (Å²) in [7, 11) is 0. The number of para-hydroxylation sites is 2. The molecule has 6 nitrogen and oxygen atoms in total. The van der Waals surface area contributed by atoms with Crippen LogP contribution in [-0.2, 0) is 13.0 Å². The number of carbonyl (C=O) groups excluding carboxylic acids is 1. The average Bonchev–Trinajstić information content (AvgIpc) is 2.77. The number of phenolic OH excluding ortho intramolecular Hbond substituents is 1. The summed E-state index contributed by atoms with van der Waals surface area (Å²) in [5, 5.41) is 17.0. The maximum Gasteiger partial charge on any atom is 0.336 e. The number of amides is 1. The lowest BCUT2D eigenvalue weighted by atomic mass is 10.0. The molecule has 3 N–H and O–H groups in total. The molecule has 1 heterocycles. The van der Waals surface area contributed by atoms with Gasteiger partial charge in [-0.3, -0.25) is 4.79 Å². The Morgan fingerprint density at radius 3 is 2.48 bits per heavy atom. The van der Waals surface area contributed by atoms with Crippen LogP contribution in [0.3, 0.4) is 0 Å². The van der Waals surface area contributed by atoms with E-state index in [2.05, 4.69) is 10.6 Å². The molecule has 31 heavy (non-hydrogen) atoms. The molecule has 0 aliphatic heterocycles. The number of carbonyl (C=O) groups is 1. The van der Waals surface area contributed by atoms with Crippen molar-refractivity contribution in [1.82, 2.24) is 0 Å². The van der Waals surface area contributed by atoms with Crippen molar-refractivity contribution in [3.63, 3.8) is 0 Å². The summed E-state index contributed by atoms with van der Waals surface area (Å²) in [6.45, 7) is 2.26. The third kappa shape index (κ3) is 4.43. The Kier molecular flexibility index (Phi) is 5.71. The highest BCUT2D eigenvalue weighted by molar-refractivity contribution is 6.08. The van der Waals surface area contributed by atoms with Gasteiger partial charge in [0.2, 0.25) is 0 Å². The van der Waals surface area contributed by atoms with Gasteiger partial charge in [0.25, 0.3) is 5.91 Å². The molecule has 156 valence electrons. The average molecular weight is 414 g/mol. The topological polar surface area (TPSA) is 91.6 Å². The van der Waals surface area contributed by atoms with Crippen LogP contribution in [0.4, 0.5) is 11.4 Å². The zero-order chi connectivity index (χ0) is 21.8. The van der Waals surface area contributed by atoms with Crippen molar-refractivity contribution in [1.29, 1.82) is 0 Å². The van der Waals surface area contributed by atoms with Crippen molar-refractivity contribution in [2.24, 2.45) is 0 Å². The number of hydrogen-bond donors (Lipinski definition) is 3. The van der Waals surface area contributed by atoms with E-state index in [1.807, 2.05) is 55.5 Å². The van der Waals surface area contributed by atoms with Gasteiger partial charge < -0.3 is 20.2 Å². The summed E-state index contributed by atoms with van der Waals surface area (Å²) < 4.78 is 5.26. The fourth-order valence-corrected chi connectivity index (χ4v) is 3.48. The maximum absolute atomic E-state index is 12.8. The van der Waals surface area contributed by atoms with E-state index in [9.17, 15) is 14.7 Å². The van der Waals surface area contributed by atoms with Crippen molar-refractivity contribution in [2.45, 2.75) is 19.9 Å². The molecule has 0 aliphatic carbocycles. The fraction of sp³-hybridized carbons (Fsp3) is 0.120. The lowest BCUT2D eigenvalue weighted by molar-refractivity contribution is 0.102. The number of rotatable bonds is 6. The van der Waals surface area contributed by atoms with E-state index in [1.54, 1.807) is 12.1 Å². The first-order chi connectivity index (χ1) is 15.0. The molecular formula is C25H22N2O4. The predicted octanol–water partition coefficient (Wildman–Crippen LogP) is 4.93. The highest BCUT2D eigenvalue weighted by Gasteiger charge is 2.13. The Hall–Kier alpha value is -4.06. The molecule has 4 rings (SSSR count). The van der Waals surface area contributed by atoms with Crippen molar-refractivity contribution >= 4 is 28.3 Å². The van der Waals surface area contributed by atoms with E-state index in [1.165, 1.54) is 12.1 Å². The highest BCUT2D eigenvalue weighted by Crippen LogP contribution is 2.27. The summed E-state index contributed by atoms with van der Waals surface area (Å²) in [5.41, 5.74) is 3.17. The van der Waals surface area contributed by atoms with Crippen molar-refractivity contribution in [3.8, 4) is 5.75 Å². The zero-order valence-corrected chi connectivity index (χ0v) is 17.0. The van der Waals surface area contributed by atoms with Crippen LogP contribution in [0.15, 0.2) is 82.0 Å². The van der Waals surface area contributed by atoms with Crippen LogP contribution in [0.5, 0.6) is 5.75 Å². The SMILES string of the molecule is CCc1cc2c(CNc3ccccc3C(=O)Nc3ccccc3)cc(=O)oc2cc1O. The van der Waals surface area contributed by atoms with Crippen LogP contribution < -0.4 is 16.3 Å². The number of hydrogen-bond acceptors (Lipinski definition) is 5. The molecular weight excluding hydrogens is 392 g/mol. The van der Waals surface area contributed by atoms with E-state index in [0.29, 0.717) is 35.5 Å². The lowest BCUT2D eigenvalue weighted by Crippen LogP contribution is -2.15. The van der Waals surface area contributed by atoms with Gasteiger partial charge in [0.1, 0.15) is 11.3 Å². The third-order valence-corrected chi connectivity index (χ3v) is 5.08. The first-order valence-corrected chi connectivity index (χ1v) is 10.0. The van der Waals surface area contributed by atoms with E-state index in [-0.39, 0.29) is 11.7 Å². The minimum atomic E-state index is -0.497. The second-order valence-corrected chi connectivity index (χ2v) is 7.14. The number of fused-ring (bicyclic) bond motifs is 1. The lowest BCUT2D eigenvalue weighted by Gasteiger charge is -2.14. The van der Waals surface area contributed by atoms with Gasteiger partial charge in [-0.25, -0.2) is 4.79 Å². The van der Waals surface area contributed by atoms with Gasteiger partial charge >= 0.3 is 5.63 Å². The Labute approximate surface area is 179 Å². The molecule has 0 spiro atoms. The number of phenols is 1. The van der Waals surface area contributed by atoms with Crippen molar-refractivity contribution in [3.05, 3.63) is 99.9 Å². The van der Waals surface area contributed by atoms with Crippen LogP contribution in [-0.4, -0.2) is 11.0 Å². The molecule has 0 fully saturated rings. The molecule has 6 heteroatoms. The minimum Gasteiger partial charge on any atom is -0.508 e.